The first-order chi connectivity index (χ1) is 12.3. The van der Waals surface area contributed by atoms with Gasteiger partial charge in [-0.05, 0) is 31.2 Å². The van der Waals surface area contributed by atoms with Crippen LogP contribution in [0.2, 0.25) is 0 Å². The third-order valence-electron chi connectivity index (χ3n) is 4.10. The zero-order chi connectivity index (χ0) is 17.7. The summed E-state index contributed by atoms with van der Waals surface area (Å²) in [5.74, 6) is 2.03. The van der Waals surface area contributed by atoms with E-state index in [1.54, 1.807) is 14.2 Å². The lowest BCUT2D eigenvalue weighted by atomic mass is 10.0. The van der Waals surface area contributed by atoms with Gasteiger partial charge in [-0.25, -0.2) is 4.98 Å². The van der Waals surface area contributed by atoms with Crippen LogP contribution in [0.1, 0.15) is 25.0 Å². The summed E-state index contributed by atoms with van der Waals surface area (Å²) < 4.78 is 16.2. The number of aromatic nitrogens is 1. The lowest BCUT2D eigenvalue weighted by Gasteiger charge is -2.21. The number of hydrogen-bond acceptors (Lipinski definition) is 5. The molecule has 1 aliphatic rings. The number of guanidine groups is 1. The number of nitrogens with one attached hydrogen (secondary N) is 2. The van der Waals surface area contributed by atoms with E-state index in [4.69, 9.17) is 14.2 Å². The largest absolute Gasteiger partial charge is 0.481 e. The van der Waals surface area contributed by atoms with Gasteiger partial charge < -0.3 is 24.8 Å². The molecule has 2 heterocycles. The van der Waals surface area contributed by atoms with Gasteiger partial charge in [0.2, 0.25) is 5.88 Å². The minimum Gasteiger partial charge on any atom is -0.481 e. The van der Waals surface area contributed by atoms with Crippen LogP contribution in [0.25, 0.3) is 0 Å². The Hall–Kier alpha value is -1.86. The van der Waals surface area contributed by atoms with Gasteiger partial charge in [-0.15, -0.1) is 0 Å². The zero-order valence-corrected chi connectivity index (χ0v) is 15.3. The third-order valence-corrected chi connectivity index (χ3v) is 4.10. The van der Waals surface area contributed by atoms with E-state index in [0.29, 0.717) is 18.3 Å². The zero-order valence-electron chi connectivity index (χ0n) is 15.3. The summed E-state index contributed by atoms with van der Waals surface area (Å²) in [5, 5.41) is 6.53. The van der Waals surface area contributed by atoms with Crippen LogP contribution in [0.3, 0.4) is 0 Å². The van der Waals surface area contributed by atoms with Gasteiger partial charge in [0.15, 0.2) is 5.96 Å². The fourth-order valence-corrected chi connectivity index (χ4v) is 2.61. The van der Waals surface area contributed by atoms with Crippen LogP contribution in [-0.2, 0) is 16.0 Å². The van der Waals surface area contributed by atoms with Gasteiger partial charge in [0.05, 0.1) is 19.3 Å². The van der Waals surface area contributed by atoms with Crippen molar-refractivity contribution in [2.24, 2.45) is 10.9 Å². The molecule has 2 N–H and O–H groups in total. The molecule has 1 aromatic heterocycles. The fraction of sp³-hybridized carbons (Fsp3) is 0.667. The van der Waals surface area contributed by atoms with E-state index >= 15 is 0 Å². The molecule has 7 heteroatoms. The average molecular weight is 350 g/mol. The smallest absolute Gasteiger partial charge is 0.213 e. The highest BCUT2D eigenvalue weighted by molar-refractivity contribution is 5.79. The number of ether oxygens (including phenoxy) is 3. The van der Waals surface area contributed by atoms with Crippen molar-refractivity contribution in [1.82, 2.24) is 15.6 Å². The second kappa shape index (κ2) is 11.7. The summed E-state index contributed by atoms with van der Waals surface area (Å²) in [6.45, 7) is 4.77. The van der Waals surface area contributed by atoms with Crippen LogP contribution >= 0.6 is 0 Å². The summed E-state index contributed by atoms with van der Waals surface area (Å²) in [7, 11) is 3.38. The van der Waals surface area contributed by atoms with E-state index in [9.17, 15) is 0 Å². The number of methoxy groups -OCH3 is 1. The minimum absolute atomic E-state index is 0.594. The van der Waals surface area contributed by atoms with Gasteiger partial charge in [0, 0.05) is 46.1 Å². The van der Waals surface area contributed by atoms with Gasteiger partial charge in [-0.1, -0.05) is 6.07 Å². The van der Waals surface area contributed by atoms with Gasteiger partial charge in [-0.2, -0.15) is 0 Å². The van der Waals surface area contributed by atoms with Gasteiger partial charge in [-0.3, -0.25) is 4.99 Å². The van der Waals surface area contributed by atoms with Crippen molar-refractivity contribution >= 4 is 5.96 Å². The molecule has 2 rings (SSSR count). The molecule has 25 heavy (non-hydrogen) atoms. The summed E-state index contributed by atoms with van der Waals surface area (Å²) in [4.78, 5) is 8.58. The molecule has 0 radical (unpaired) electrons. The number of pyridine rings is 1. The first-order valence-corrected chi connectivity index (χ1v) is 8.91. The summed E-state index contributed by atoms with van der Waals surface area (Å²) in [6, 6.07) is 5.71. The Morgan fingerprint density at radius 2 is 2.16 bits per heavy atom. The molecule has 0 saturated carbocycles. The normalized spacial score (nSPS) is 15.8. The topological polar surface area (TPSA) is 77.0 Å². The van der Waals surface area contributed by atoms with E-state index in [-0.39, 0.29) is 0 Å². The Balaban J connectivity index is 1.55. The maximum Gasteiger partial charge on any atom is 0.213 e. The quantitative estimate of drug-likeness (QED) is 0.400. The SMILES string of the molecule is CN=C(NCCCOCC1CCOCC1)NCc1cccc(OC)n1. The van der Waals surface area contributed by atoms with Crippen molar-refractivity contribution in [3.05, 3.63) is 23.9 Å². The molecule has 0 bridgehead atoms. The monoisotopic (exact) mass is 350 g/mol. The molecule has 7 nitrogen and oxygen atoms in total. The van der Waals surface area contributed by atoms with Crippen molar-refractivity contribution in [3.63, 3.8) is 0 Å². The Morgan fingerprint density at radius 1 is 1.32 bits per heavy atom. The predicted octanol–water partition coefficient (Wildman–Crippen LogP) is 1.59. The lowest BCUT2D eigenvalue weighted by molar-refractivity contribution is 0.0203. The molecule has 0 amide bonds. The first kappa shape index (κ1) is 19.5. The number of hydrogen-bond donors (Lipinski definition) is 2. The van der Waals surface area contributed by atoms with Crippen LogP contribution in [0.5, 0.6) is 5.88 Å². The molecule has 0 spiro atoms. The molecule has 0 aliphatic carbocycles. The van der Waals surface area contributed by atoms with Gasteiger partial charge in [0.25, 0.3) is 0 Å². The lowest BCUT2D eigenvalue weighted by Crippen LogP contribution is -2.37. The third kappa shape index (κ3) is 7.70. The van der Waals surface area contributed by atoms with Crippen LogP contribution in [0.15, 0.2) is 23.2 Å². The average Bonchev–Trinajstić information content (AvgIpc) is 2.67. The van der Waals surface area contributed by atoms with Crippen molar-refractivity contribution < 1.29 is 14.2 Å². The number of rotatable bonds is 9. The van der Waals surface area contributed by atoms with Crippen molar-refractivity contribution in [1.29, 1.82) is 0 Å². The van der Waals surface area contributed by atoms with Crippen molar-refractivity contribution in [3.8, 4) is 5.88 Å². The molecule has 1 aromatic rings. The fourth-order valence-electron chi connectivity index (χ4n) is 2.61. The Kier molecular flexibility index (Phi) is 9.07. The molecular weight excluding hydrogens is 320 g/mol. The van der Waals surface area contributed by atoms with Crippen LogP contribution in [0, 0.1) is 5.92 Å². The summed E-state index contributed by atoms with van der Waals surface area (Å²) >= 11 is 0. The summed E-state index contributed by atoms with van der Waals surface area (Å²) in [5.41, 5.74) is 0.905. The minimum atomic E-state index is 0.594. The van der Waals surface area contributed by atoms with Crippen molar-refractivity contribution in [2.45, 2.75) is 25.8 Å². The van der Waals surface area contributed by atoms with Crippen molar-refractivity contribution in [2.75, 3.05) is 47.1 Å². The second-order valence-electron chi connectivity index (χ2n) is 6.01. The molecule has 1 fully saturated rings. The highest BCUT2D eigenvalue weighted by atomic mass is 16.5. The maximum atomic E-state index is 5.76. The Morgan fingerprint density at radius 3 is 2.92 bits per heavy atom. The summed E-state index contributed by atoms with van der Waals surface area (Å²) in [6.07, 6.45) is 3.18. The van der Waals surface area contributed by atoms with Crippen LogP contribution < -0.4 is 15.4 Å². The molecule has 0 aromatic carbocycles. The molecule has 1 aliphatic heterocycles. The standard InChI is InChI=1S/C18H30N4O3/c1-19-18(21-13-16-5-3-6-17(22-16)23-2)20-9-4-10-25-14-15-7-11-24-12-8-15/h3,5-6,15H,4,7-14H2,1-2H3,(H2,19,20,21). The second-order valence-corrected chi connectivity index (χ2v) is 6.01. The molecule has 0 atom stereocenters. The predicted molar refractivity (Wildman–Crippen MR) is 98.0 cm³/mol. The number of nitrogens with zero attached hydrogens (tertiary/aromatic N) is 2. The van der Waals surface area contributed by atoms with E-state index in [1.807, 2.05) is 18.2 Å². The maximum absolute atomic E-state index is 5.76. The van der Waals surface area contributed by atoms with E-state index in [2.05, 4.69) is 20.6 Å². The Bertz CT molecular complexity index is 519. The van der Waals surface area contributed by atoms with Crippen LogP contribution in [0.4, 0.5) is 0 Å². The van der Waals surface area contributed by atoms with E-state index < -0.39 is 0 Å². The highest BCUT2D eigenvalue weighted by Crippen LogP contribution is 2.14. The van der Waals surface area contributed by atoms with E-state index in [0.717, 1.165) is 63.9 Å². The molecular formula is C18H30N4O3. The Labute approximate surface area is 150 Å². The molecule has 0 unspecified atom stereocenters. The van der Waals surface area contributed by atoms with E-state index in [1.165, 1.54) is 0 Å². The highest BCUT2D eigenvalue weighted by Gasteiger charge is 2.13. The van der Waals surface area contributed by atoms with Gasteiger partial charge in [0.1, 0.15) is 0 Å². The number of aliphatic imine (C=N–C) groups is 1. The van der Waals surface area contributed by atoms with Gasteiger partial charge >= 0.3 is 0 Å². The van der Waals surface area contributed by atoms with Crippen LogP contribution in [-0.4, -0.2) is 58.1 Å². The first-order valence-electron chi connectivity index (χ1n) is 8.91. The molecule has 1 saturated heterocycles. The molecule has 140 valence electrons.